The standard InChI is InChI=1S/C17H25N3O3S2/c1-10-12(16(22)23-4)14(25-13(10)15(21)20(2)3)19-17(24)18-11-8-6-5-7-9-11/h11H,5-9H2,1-4H3,(H2,18,19,24). The monoisotopic (exact) mass is 383 g/mol. The Bertz CT molecular complexity index is 664. The number of nitrogens with one attached hydrogen (secondary N) is 2. The van der Waals surface area contributed by atoms with Crippen molar-refractivity contribution < 1.29 is 14.3 Å². The number of esters is 1. The molecular weight excluding hydrogens is 358 g/mol. The molecule has 138 valence electrons. The summed E-state index contributed by atoms with van der Waals surface area (Å²) in [5.41, 5.74) is 0.976. The first kappa shape index (κ1) is 19.7. The molecule has 1 saturated carbocycles. The van der Waals surface area contributed by atoms with Gasteiger partial charge >= 0.3 is 5.97 Å². The van der Waals surface area contributed by atoms with E-state index in [9.17, 15) is 9.59 Å². The quantitative estimate of drug-likeness (QED) is 0.615. The Morgan fingerprint density at radius 2 is 1.88 bits per heavy atom. The lowest BCUT2D eigenvalue weighted by molar-refractivity contribution is 0.0601. The van der Waals surface area contributed by atoms with Crippen molar-refractivity contribution in [1.29, 1.82) is 0 Å². The molecule has 1 heterocycles. The van der Waals surface area contributed by atoms with E-state index in [1.54, 1.807) is 21.0 Å². The van der Waals surface area contributed by atoms with Gasteiger partial charge in [0.05, 0.1) is 17.6 Å². The summed E-state index contributed by atoms with van der Waals surface area (Å²) in [5.74, 6) is -0.624. The summed E-state index contributed by atoms with van der Waals surface area (Å²) in [6, 6.07) is 0.360. The van der Waals surface area contributed by atoms with E-state index in [-0.39, 0.29) is 5.91 Å². The third-order valence-electron chi connectivity index (χ3n) is 4.30. The molecule has 1 aromatic heterocycles. The number of hydrogen-bond acceptors (Lipinski definition) is 5. The van der Waals surface area contributed by atoms with Crippen LogP contribution in [0.1, 0.15) is 57.7 Å². The molecule has 8 heteroatoms. The number of hydrogen-bond donors (Lipinski definition) is 2. The van der Waals surface area contributed by atoms with Crippen molar-refractivity contribution in [3.05, 3.63) is 16.0 Å². The molecule has 0 spiro atoms. The largest absolute Gasteiger partial charge is 0.465 e. The van der Waals surface area contributed by atoms with Gasteiger partial charge in [0.1, 0.15) is 5.00 Å². The van der Waals surface area contributed by atoms with E-state index in [2.05, 4.69) is 10.6 Å². The zero-order chi connectivity index (χ0) is 18.6. The van der Waals surface area contributed by atoms with Gasteiger partial charge < -0.3 is 20.3 Å². The van der Waals surface area contributed by atoms with Crippen molar-refractivity contribution in [3.8, 4) is 0 Å². The Balaban J connectivity index is 2.22. The summed E-state index contributed by atoms with van der Waals surface area (Å²) in [6.07, 6.45) is 5.87. The lowest BCUT2D eigenvalue weighted by Gasteiger charge is -2.24. The Morgan fingerprint density at radius 1 is 1.24 bits per heavy atom. The highest BCUT2D eigenvalue weighted by Gasteiger charge is 2.26. The lowest BCUT2D eigenvalue weighted by atomic mass is 9.96. The van der Waals surface area contributed by atoms with Crippen LogP contribution in [-0.4, -0.2) is 49.1 Å². The van der Waals surface area contributed by atoms with Crippen LogP contribution in [0.4, 0.5) is 5.00 Å². The first-order valence-corrected chi connectivity index (χ1v) is 9.58. The fourth-order valence-electron chi connectivity index (χ4n) is 2.93. The van der Waals surface area contributed by atoms with Gasteiger partial charge in [-0.1, -0.05) is 19.3 Å². The van der Waals surface area contributed by atoms with E-state index in [1.807, 2.05) is 0 Å². The third kappa shape index (κ3) is 4.70. The molecule has 2 N–H and O–H groups in total. The summed E-state index contributed by atoms with van der Waals surface area (Å²) in [5, 5.41) is 7.43. The number of nitrogens with zero attached hydrogens (tertiary/aromatic N) is 1. The van der Waals surface area contributed by atoms with Gasteiger partial charge in [0.2, 0.25) is 0 Å². The number of thiocarbonyl (C=S) groups is 1. The van der Waals surface area contributed by atoms with E-state index in [1.165, 1.54) is 42.6 Å². The smallest absolute Gasteiger partial charge is 0.341 e. The minimum Gasteiger partial charge on any atom is -0.465 e. The van der Waals surface area contributed by atoms with Crippen LogP contribution in [0, 0.1) is 6.92 Å². The minimum atomic E-state index is -0.477. The molecule has 25 heavy (non-hydrogen) atoms. The number of rotatable bonds is 4. The average molecular weight is 384 g/mol. The molecule has 0 unspecified atom stereocenters. The molecule has 1 aromatic rings. The first-order valence-electron chi connectivity index (χ1n) is 8.36. The van der Waals surface area contributed by atoms with Gasteiger partial charge in [-0.05, 0) is 37.5 Å². The number of amides is 1. The van der Waals surface area contributed by atoms with Crippen LogP contribution in [0.25, 0.3) is 0 Å². The Labute approximate surface area is 157 Å². The van der Waals surface area contributed by atoms with Gasteiger partial charge in [-0.3, -0.25) is 4.79 Å². The number of carbonyl (C=O) groups is 2. The summed E-state index contributed by atoms with van der Waals surface area (Å²) in [4.78, 5) is 26.5. The van der Waals surface area contributed by atoms with Gasteiger partial charge in [-0.25, -0.2) is 4.79 Å². The zero-order valence-electron chi connectivity index (χ0n) is 15.1. The molecule has 0 saturated heterocycles. The molecule has 6 nitrogen and oxygen atoms in total. The van der Waals surface area contributed by atoms with Crippen LogP contribution >= 0.6 is 23.6 Å². The Hall–Kier alpha value is -1.67. The average Bonchev–Trinajstić information content (AvgIpc) is 2.90. The molecule has 0 aromatic carbocycles. The third-order valence-corrected chi connectivity index (χ3v) is 5.72. The fraction of sp³-hybridized carbons (Fsp3) is 0.588. The van der Waals surface area contributed by atoms with E-state index in [4.69, 9.17) is 17.0 Å². The molecule has 0 atom stereocenters. The van der Waals surface area contributed by atoms with Gasteiger partial charge in [0, 0.05) is 20.1 Å². The fourth-order valence-corrected chi connectivity index (χ4v) is 4.48. The van der Waals surface area contributed by atoms with E-state index >= 15 is 0 Å². The second-order valence-corrected chi connectivity index (χ2v) is 7.81. The summed E-state index contributed by atoms with van der Waals surface area (Å²) >= 11 is 6.63. The van der Waals surface area contributed by atoms with Crippen molar-refractivity contribution in [2.75, 3.05) is 26.5 Å². The van der Waals surface area contributed by atoms with Crippen LogP contribution in [0.5, 0.6) is 0 Å². The maximum absolute atomic E-state index is 12.4. The van der Waals surface area contributed by atoms with Crippen molar-refractivity contribution in [1.82, 2.24) is 10.2 Å². The topological polar surface area (TPSA) is 70.7 Å². The van der Waals surface area contributed by atoms with Gasteiger partial charge in [-0.2, -0.15) is 0 Å². The van der Waals surface area contributed by atoms with Crippen molar-refractivity contribution >= 4 is 45.5 Å². The molecular formula is C17H25N3O3S2. The predicted octanol–water partition coefficient (Wildman–Crippen LogP) is 3.16. The number of carbonyl (C=O) groups excluding carboxylic acids is 2. The second kappa shape index (κ2) is 8.62. The van der Waals surface area contributed by atoms with Crippen LogP contribution in [0.15, 0.2) is 0 Å². The van der Waals surface area contributed by atoms with Crippen molar-refractivity contribution in [3.63, 3.8) is 0 Å². The van der Waals surface area contributed by atoms with E-state index < -0.39 is 5.97 Å². The van der Waals surface area contributed by atoms with E-state index in [0.29, 0.717) is 32.2 Å². The zero-order valence-corrected chi connectivity index (χ0v) is 16.7. The minimum absolute atomic E-state index is 0.146. The summed E-state index contributed by atoms with van der Waals surface area (Å²) < 4.78 is 4.88. The normalized spacial score (nSPS) is 14.7. The number of ether oxygens (including phenoxy) is 1. The molecule has 0 aliphatic heterocycles. The molecule has 1 fully saturated rings. The van der Waals surface area contributed by atoms with Crippen LogP contribution < -0.4 is 10.6 Å². The predicted molar refractivity (Wildman–Crippen MR) is 105 cm³/mol. The maximum Gasteiger partial charge on any atom is 0.341 e. The van der Waals surface area contributed by atoms with Crippen molar-refractivity contribution in [2.24, 2.45) is 0 Å². The van der Waals surface area contributed by atoms with Crippen LogP contribution in [0.2, 0.25) is 0 Å². The SMILES string of the molecule is COC(=O)c1c(NC(=S)NC2CCCCC2)sc(C(=O)N(C)C)c1C. The first-order chi connectivity index (χ1) is 11.8. The summed E-state index contributed by atoms with van der Waals surface area (Å²) in [7, 11) is 4.69. The number of anilines is 1. The molecule has 1 amide bonds. The molecule has 0 radical (unpaired) electrons. The Morgan fingerprint density at radius 3 is 2.44 bits per heavy atom. The molecule has 1 aliphatic carbocycles. The maximum atomic E-state index is 12.4. The van der Waals surface area contributed by atoms with Crippen LogP contribution in [0.3, 0.4) is 0 Å². The van der Waals surface area contributed by atoms with Gasteiger partial charge in [0.15, 0.2) is 5.11 Å². The van der Waals surface area contributed by atoms with Crippen molar-refractivity contribution in [2.45, 2.75) is 45.1 Å². The highest BCUT2D eigenvalue weighted by molar-refractivity contribution is 7.80. The Kier molecular flexibility index (Phi) is 6.78. The number of methoxy groups -OCH3 is 1. The second-order valence-electron chi connectivity index (χ2n) is 6.38. The lowest BCUT2D eigenvalue weighted by Crippen LogP contribution is -2.38. The van der Waals surface area contributed by atoms with E-state index in [0.717, 1.165) is 12.8 Å². The summed E-state index contributed by atoms with van der Waals surface area (Å²) in [6.45, 7) is 1.75. The van der Waals surface area contributed by atoms with Gasteiger partial charge in [-0.15, -0.1) is 11.3 Å². The molecule has 0 bridgehead atoms. The molecule has 2 rings (SSSR count). The highest BCUT2D eigenvalue weighted by atomic mass is 32.1. The number of thiophene rings is 1. The van der Waals surface area contributed by atoms with Crippen LogP contribution in [-0.2, 0) is 4.74 Å². The molecule has 1 aliphatic rings. The van der Waals surface area contributed by atoms with Gasteiger partial charge in [0.25, 0.3) is 5.91 Å². The highest BCUT2D eigenvalue weighted by Crippen LogP contribution is 2.34.